The van der Waals surface area contributed by atoms with Crippen molar-refractivity contribution < 1.29 is 13.3 Å². The first kappa shape index (κ1) is 17.6. The molecular weight excluding hydrogens is 336 g/mol. The Kier molecular flexibility index (Phi) is 5.20. The molecule has 5 nitrogen and oxygen atoms in total. The number of likely N-dealkylation sites (N-methyl/N-ethyl adjacent to an activating group) is 1. The highest BCUT2D eigenvalue weighted by Gasteiger charge is 2.30. The second kappa shape index (κ2) is 7.37. The smallest absolute Gasteiger partial charge is 0.243 e. The van der Waals surface area contributed by atoms with E-state index in [1.165, 1.54) is 9.87 Å². The molecule has 6 heteroatoms. The van der Waals surface area contributed by atoms with Gasteiger partial charge in [0.2, 0.25) is 10.0 Å². The van der Waals surface area contributed by atoms with Crippen molar-refractivity contribution >= 4 is 15.7 Å². The third kappa shape index (κ3) is 3.91. The molecule has 0 N–H and O–H groups in total. The third-order valence-corrected chi connectivity index (χ3v) is 6.21. The Morgan fingerprint density at radius 1 is 1.12 bits per heavy atom. The highest BCUT2D eigenvalue weighted by atomic mass is 32.2. The van der Waals surface area contributed by atoms with E-state index in [1.54, 1.807) is 30.3 Å². The molecule has 3 rings (SSSR count). The zero-order valence-corrected chi connectivity index (χ0v) is 15.2. The van der Waals surface area contributed by atoms with Gasteiger partial charge in [-0.1, -0.05) is 60.1 Å². The summed E-state index contributed by atoms with van der Waals surface area (Å²) in [6, 6.07) is 16.6. The van der Waals surface area contributed by atoms with Crippen LogP contribution >= 0.6 is 0 Å². The summed E-state index contributed by atoms with van der Waals surface area (Å²) in [6.45, 7) is 4.54. The van der Waals surface area contributed by atoms with Crippen LogP contribution in [-0.2, 0) is 14.9 Å². The Bertz CT molecular complexity index is 846. The van der Waals surface area contributed by atoms with Crippen molar-refractivity contribution in [1.29, 1.82) is 0 Å². The molecule has 1 heterocycles. The number of oxime groups is 1. The molecule has 2 aromatic rings. The van der Waals surface area contributed by atoms with Gasteiger partial charge in [0, 0.05) is 13.0 Å². The minimum absolute atomic E-state index is 0.269. The van der Waals surface area contributed by atoms with Gasteiger partial charge in [-0.15, -0.1) is 0 Å². The number of aryl methyl sites for hydroxylation is 1. The lowest BCUT2D eigenvalue weighted by atomic mass is 10.0. The number of sulfonamides is 1. The van der Waals surface area contributed by atoms with Crippen molar-refractivity contribution in [2.75, 3.05) is 13.1 Å². The van der Waals surface area contributed by atoms with Gasteiger partial charge in [-0.2, -0.15) is 4.31 Å². The molecule has 0 aromatic heterocycles. The summed E-state index contributed by atoms with van der Waals surface area (Å²) in [4.78, 5) is 5.80. The van der Waals surface area contributed by atoms with Crippen LogP contribution in [0, 0.1) is 6.92 Å². The Hall–Kier alpha value is -2.18. The predicted molar refractivity (Wildman–Crippen MR) is 98.1 cm³/mol. The van der Waals surface area contributed by atoms with E-state index in [2.05, 4.69) is 5.16 Å². The van der Waals surface area contributed by atoms with Crippen molar-refractivity contribution in [3.05, 3.63) is 65.7 Å². The first-order chi connectivity index (χ1) is 12.0. The lowest BCUT2D eigenvalue weighted by molar-refractivity contribution is 0.0712. The van der Waals surface area contributed by atoms with Gasteiger partial charge in [0.1, 0.15) is 6.10 Å². The van der Waals surface area contributed by atoms with E-state index in [0.29, 0.717) is 17.9 Å². The van der Waals surface area contributed by atoms with Gasteiger partial charge < -0.3 is 4.84 Å². The van der Waals surface area contributed by atoms with Crippen LogP contribution in [0.15, 0.2) is 64.6 Å². The van der Waals surface area contributed by atoms with E-state index >= 15 is 0 Å². The van der Waals surface area contributed by atoms with Crippen LogP contribution in [0.2, 0.25) is 0 Å². The third-order valence-electron chi connectivity index (χ3n) is 4.26. The van der Waals surface area contributed by atoms with E-state index in [-0.39, 0.29) is 12.6 Å². The van der Waals surface area contributed by atoms with Crippen LogP contribution in [0.3, 0.4) is 0 Å². The molecule has 0 aliphatic carbocycles. The van der Waals surface area contributed by atoms with Gasteiger partial charge in [-0.25, -0.2) is 8.42 Å². The molecule has 132 valence electrons. The van der Waals surface area contributed by atoms with E-state index in [1.807, 2.05) is 38.1 Å². The molecule has 0 radical (unpaired) electrons. The van der Waals surface area contributed by atoms with Crippen molar-refractivity contribution in [2.45, 2.75) is 31.3 Å². The Labute approximate surface area is 149 Å². The van der Waals surface area contributed by atoms with Crippen molar-refractivity contribution in [2.24, 2.45) is 5.16 Å². The Morgan fingerprint density at radius 2 is 1.80 bits per heavy atom. The molecule has 1 aliphatic rings. The molecular formula is C19H22N2O3S. The topological polar surface area (TPSA) is 59.0 Å². The molecule has 1 aliphatic heterocycles. The summed E-state index contributed by atoms with van der Waals surface area (Å²) in [5.74, 6) is 0. The molecule has 0 fully saturated rings. The maximum absolute atomic E-state index is 12.8. The van der Waals surface area contributed by atoms with Crippen LogP contribution in [0.4, 0.5) is 0 Å². The summed E-state index contributed by atoms with van der Waals surface area (Å²) in [5.41, 5.74) is 3.06. The highest BCUT2D eigenvalue weighted by Crippen LogP contribution is 2.21. The summed E-state index contributed by atoms with van der Waals surface area (Å²) in [6.07, 6.45) is 0.332. The van der Waals surface area contributed by atoms with Gasteiger partial charge in [0.05, 0.1) is 17.2 Å². The average Bonchev–Trinajstić information content (AvgIpc) is 3.09. The van der Waals surface area contributed by atoms with Gasteiger partial charge in [0.15, 0.2) is 0 Å². The fraction of sp³-hybridized carbons (Fsp3) is 0.316. The lowest BCUT2D eigenvalue weighted by Crippen LogP contribution is -2.37. The van der Waals surface area contributed by atoms with Crippen LogP contribution in [-0.4, -0.2) is 37.6 Å². The van der Waals surface area contributed by atoms with Gasteiger partial charge >= 0.3 is 0 Å². The van der Waals surface area contributed by atoms with Gasteiger partial charge in [0.25, 0.3) is 0 Å². The van der Waals surface area contributed by atoms with Crippen LogP contribution < -0.4 is 0 Å². The summed E-state index contributed by atoms with van der Waals surface area (Å²) >= 11 is 0. The molecule has 2 aromatic carbocycles. The summed E-state index contributed by atoms with van der Waals surface area (Å²) < 4.78 is 27.0. The Balaban J connectivity index is 1.69. The van der Waals surface area contributed by atoms with E-state index in [9.17, 15) is 8.42 Å². The molecule has 0 bridgehead atoms. The first-order valence-electron chi connectivity index (χ1n) is 8.35. The van der Waals surface area contributed by atoms with Crippen LogP contribution in [0.25, 0.3) is 0 Å². The SMILES string of the molecule is CCN(C[C@H]1CC(c2ccc(C)cc2)=NO1)S(=O)(=O)c1ccccc1. The molecule has 0 saturated carbocycles. The molecule has 25 heavy (non-hydrogen) atoms. The number of rotatable bonds is 6. The van der Waals surface area contributed by atoms with Crippen LogP contribution in [0.1, 0.15) is 24.5 Å². The minimum atomic E-state index is -3.52. The number of nitrogens with zero attached hydrogens (tertiary/aromatic N) is 2. The zero-order valence-electron chi connectivity index (χ0n) is 14.4. The Morgan fingerprint density at radius 3 is 2.44 bits per heavy atom. The van der Waals surface area contributed by atoms with Crippen molar-refractivity contribution in [3.8, 4) is 0 Å². The normalized spacial score (nSPS) is 17.4. The predicted octanol–water partition coefficient (Wildman–Crippen LogP) is 3.20. The minimum Gasteiger partial charge on any atom is -0.390 e. The average molecular weight is 358 g/mol. The molecule has 0 spiro atoms. The summed E-state index contributed by atoms with van der Waals surface area (Å²) in [7, 11) is -3.52. The zero-order chi connectivity index (χ0) is 17.9. The quantitative estimate of drug-likeness (QED) is 0.797. The highest BCUT2D eigenvalue weighted by molar-refractivity contribution is 7.89. The van der Waals surface area contributed by atoms with Crippen molar-refractivity contribution in [3.63, 3.8) is 0 Å². The van der Waals surface area contributed by atoms with E-state index < -0.39 is 10.0 Å². The van der Waals surface area contributed by atoms with E-state index in [4.69, 9.17) is 4.84 Å². The lowest BCUT2D eigenvalue weighted by Gasteiger charge is -2.22. The number of benzene rings is 2. The fourth-order valence-electron chi connectivity index (χ4n) is 2.81. The largest absolute Gasteiger partial charge is 0.390 e. The van der Waals surface area contributed by atoms with Gasteiger partial charge in [-0.3, -0.25) is 0 Å². The molecule has 0 saturated heterocycles. The molecule has 1 atom stereocenters. The summed E-state index contributed by atoms with van der Waals surface area (Å²) in [5, 5.41) is 4.15. The second-order valence-electron chi connectivity index (χ2n) is 6.10. The second-order valence-corrected chi connectivity index (χ2v) is 8.04. The van der Waals surface area contributed by atoms with E-state index in [0.717, 1.165) is 11.3 Å². The maximum atomic E-state index is 12.8. The van der Waals surface area contributed by atoms with Gasteiger partial charge in [-0.05, 0) is 24.6 Å². The standard InChI is InChI=1S/C19H22N2O3S/c1-3-21(25(22,23)18-7-5-4-6-8-18)14-17-13-19(20-24-17)16-11-9-15(2)10-12-16/h4-12,17H,3,13-14H2,1-2H3/t17-/m1/s1. The molecule has 0 unspecified atom stereocenters. The fourth-order valence-corrected chi connectivity index (χ4v) is 4.31. The van der Waals surface area contributed by atoms with Crippen molar-refractivity contribution in [1.82, 2.24) is 4.31 Å². The van der Waals surface area contributed by atoms with Crippen LogP contribution in [0.5, 0.6) is 0 Å². The monoisotopic (exact) mass is 358 g/mol. The molecule has 0 amide bonds. The number of hydrogen-bond donors (Lipinski definition) is 0. The first-order valence-corrected chi connectivity index (χ1v) is 9.79. The number of hydrogen-bond acceptors (Lipinski definition) is 4. The maximum Gasteiger partial charge on any atom is 0.243 e.